The van der Waals surface area contributed by atoms with Gasteiger partial charge in [0.05, 0.1) is 11.8 Å². The number of rotatable bonds is 4. The molecule has 0 spiro atoms. The third kappa shape index (κ3) is 5.33. The molecule has 3 N–H and O–H groups in total. The summed E-state index contributed by atoms with van der Waals surface area (Å²) in [4.78, 5) is 16.1. The average Bonchev–Trinajstić information content (AvgIpc) is 3.13. The van der Waals surface area contributed by atoms with E-state index in [0.29, 0.717) is 11.4 Å². The van der Waals surface area contributed by atoms with E-state index in [1.165, 1.54) is 35.3 Å². The van der Waals surface area contributed by atoms with Crippen LogP contribution in [0.15, 0.2) is 53.3 Å². The van der Waals surface area contributed by atoms with Gasteiger partial charge in [-0.05, 0) is 30.3 Å². The van der Waals surface area contributed by atoms with E-state index in [1.54, 1.807) is 18.2 Å². The van der Waals surface area contributed by atoms with E-state index in [2.05, 4.69) is 31.3 Å². The lowest BCUT2D eigenvalue weighted by Crippen LogP contribution is -2.11. The Kier molecular flexibility index (Phi) is 7.00. The molecule has 27 heavy (non-hydrogen) atoms. The van der Waals surface area contributed by atoms with Gasteiger partial charge >= 0.3 is 0 Å². The Morgan fingerprint density at radius 2 is 2.00 bits per heavy atom. The highest BCUT2D eigenvalue weighted by molar-refractivity contribution is 9.10. The molecule has 0 bridgehead atoms. The standard InChI is InChI=1S/C16H12BrF2N5O.C2H6/c17-10-4-11(20)6-12(5-10)22-16(25)9-7-21-24(8-9)14-3-1-2-13(23-14)15(18)19;1-2/h1-8,15H,20H2,(H,22,25);1-2H3. The molecule has 0 aliphatic heterocycles. The van der Waals surface area contributed by atoms with E-state index in [0.717, 1.165) is 4.47 Å². The number of amides is 1. The van der Waals surface area contributed by atoms with Crippen LogP contribution in [-0.4, -0.2) is 20.7 Å². The average molecular weight is 438 g/mol. The highest BCUT2D eigenvalue weighted by Gasteiger charge is 2.13. The van der Waals surface area contributed by atoms with E-state index in [9.17, 15) is 13.6 Å². The van der Waals surface area contributed by atoms with Crippen molar-refractivity contribution in [1.82, 2.24) is 14.8 Å². The quantitative estimate of drug-likeness (QED) is 0.572. The Bertz CT molecular complexity index is 909. The molecule has 2 aromatic heterocycles. The summed E-state index contributed by atoms with van der Waals surface area (Å²) in [5.74, 6) is -0.211. The largest absolute Gasteiger partial charge is 0.399 e. The molecule has 6 nitrogen and oxygen atoms in total. The van der Waals surface area contributed by atoms with Crippen LogP contribution < -0.4 is 11.1 Å². The first-order chi connectivity index (χ1) is 12.9. The Hall–Kier alpha value is -2.81. The molecule has 1 aromatic carbocycles. The first kappa shape index (κ1) is 20.5. The summed E-state index contributed by atoms with van der Waals surface area (Å²) in [6.07, 6.45) is 0.0575. The highest BCUT2D eigenvalue weighted by Crippen LogP contribution is 2.22. The van der Waals surface area contributed by atoms with E-state index in [-0.39, 0.29) is 17.1 Å². The third-order valence-electron chi connectivity index (χ3n) is 3.24. The number of halogens is 3. The van der Waals surface area contributed by atoms with Gasteiger partial charge in [0.25, 0.3) is 12.3 Å². The lowest BCUT2D eigenvalue weighted by molar-refractivity contribution is 0.102. The fourth-order valence-corrected chi connectivity index (χ4v) is 2.65. The van der Waals surface area contributed by atoms with Gasteiger partial charge in [0.1, 0.15) is 5.69 Å². The van der Waals surface area contributed by atoms with Crippen LogP contribution in [0, 0.1) is 0 Å². The lowest BCUT2D eigenvalue weighted by atomic mass is 10.2. The number of nitrogen functional groups attached to an aromatic ring is 1. The number of anilines is 2. The van der Waals surface area contributed by atoms with Crippen molar-refractivity contribution in [2.45, 2.75) is 20.3 Å². The van der Waals surface area contributed by atoms with Gasteiger partial charge in [-0.2, -0.15) is 5.10 Å². The summed E-state index contributed by atoms with van der Waals surface area (Å²) in [6, 6.07) is 9.22. The van der Waals surface area contributed by atoms with Crippen molar-refractivity contribution in [3.63, 3.8) is 0 Å². The van der Waals surface area contributed by atoms with Crippen molar-refractivity contribution in [3.8, 4) is 5.82 Å². The van der Waals surface area contributed by atoms with Gasteiger partial charge in [-0.25, -0.2) is 18.4 Å². The second-order valence-electron chi connectivity index (χ2n) is 5.12. The topological polar surface area (TPSA) is 85.8 Å². The van der Waals surface area contributed by atoms with E-state index < -0.39 is 12.3 Å². The summed E-state index contributed by atoms with van der Waals surface area (Å²) < 4.78 is 27.5. The van der Waals surface area contributed by atoms with Crippen molar-refractivity contribution >= 4 is 33.2 Å². The number of benzene rings is 1. The summed E-state index contributed by atoms with van der Waals surface area (Å²) in [6.45, 7) is 4.00. The fourth-order valence-electron chi connectivity index (χ4n) is 2.14. The molecule has 0 radical (unpaired) electrons. The Morgan fingerprint density at radius 1 is 1.26 bits per heavy atom. The van der Waals surface area contributed by atoms with Crippen molar-refractivity contribution in [2.75, 3.05) is 11.1 Å². The first-order valence-corrected chi connectivity index (χ1v) is 8.89. The van der Waals surface area contributed by atoms with Crippen molar-refractivity contribution < 1.29 is 13.6 Å². The molecule has 0 atom stereocenters. The molecule has 0 unspecified atom stereocenters. The zero-order valence-corrected chi connectivity index (χ0v) is 16.2. The van der Waals surface area contributed by atoms with Crippen LogP contribution in [0.3, 0.4) is 0 Å². The minimum Gasteiger partial charge on any atom is -0.399 e. The van der Waals surface area contributed by atoms with Gasteiger partial charge < -0.3 is 11.1 Å². The molecule has 0 saturated carbocycles. The van der Waals surface area contributed by atoms with Crippen LogP contribution in [0.5, 0.6) is 0 Å². The van der Waals surface area contributed by atoms with Crippen LogP contribution in [-0.2, 0) is 0 Å². The van der Waals surface area contributed by atoms with Crippen LogP contribution in [0.2, 0.25) is 0 Å². The SMILES string of the molecule is CC.Nc1cc(Br)cc(NC(=O)c2cnn(-c3cccc(C(F)F)n3)c2)c1. The van der Waals surface area contributed by atoms with Crippen molar-refractivity contribution in [2.24, 2.45) is 0 Å². The van der Waals surface area contributed by atoms with Gasteiger partial charge in [-0.3, -0.25) is 4.79 Å². The maximum absolute atomic E-state index is 12.7. The predicted octanol–water partition coefficient (Wildman–Crippen LogP) is 4.83. The maximum Gasteiger partial charge on any atom is 0.280 e. The maximum atomic E-state index is 12.7. The molecule has 142 valence electrons. The van der Waals surface area contributed by atoms with Gasteiger partial charge in [0.15, 0.2) is 5.82 Å². The summed E-state index contributed by atoms with van der Waals surface area (Å²) in [5.41, 5.74) is 6.63. The molecular formula is C18H18BrF2N5O. The number of nitrogens with two attached hydrogens (primary N) is 1. The second-order valence-corrected chi connectivity index (χ2v) is 6.04. The number of hydrogen-bond acceptors (Lipinski definition) is 4. The highest BCUT2D eigenvalue weighted by atomic mass is 79.9. The first-order valence-electron chi connectivity index (χ1n) is 8.10. The third-order valence-corrected chi connectivity index (χ3v) is 3.69. The number of carbonyl (C=O) groups excluding carboxylic acids is 1. The summed E-state index contributed by atoms with van der Waals surface area (Å²) >= 11 is 3.29. The molecule has 0 aliphatic rings. The van der Waals surface area contributed by atoms with E-state index in [1.807, 2.05) is 13.8 Å². The van der Waals surface area contributed by atoms with Crippen molar-refractivity contribution in [1.29, 1.82) is 0 Å². The molecule has 2 heterocycles. The number of nitrogens with zero attached hydrogens (tertiary/aromatic N) is 3. The molecule has 3 rings (SSSR count). The van der Waals surface area contributed by atoms with Gasteiger partial charge in [0.2, 0.25) is 0 Å². The Morgan fingerprint density at radius 3 is 2.67 bits per heavy atom. The van der Waals surface area contributed by atoms with Crippen LogP contribution in [0.25, 0.3) is 5.82 Å². The number of aromatic nitrogens is 3. The predicted molar refractivity (Wildman–Crippen MR) is 104 cm³/mol. The van der Waals surface area contributed by atoms with E-state index >= 15 is 0 Å². The molecule has 9 heteroatoms. The molecule has 0 fully saturated rings. The number of hydrogen-bond donors (Lipinski definition) is 2. The minimum absolute atomic E-state index is 0.198. The van der Waals surface area contributed by atoms with Gasteiger partial charge in [-0.15, -0.1) is 0 Å². The monoisotopic (exact) mass is 437 g/mol. The smallest absolute Gasteiger partial charge is 0.280 e. The van der Waals surface area contributed by atoms with E-state index in [4.69, 9.17) is 5.73 Å². The Balaban J connectivity index is 0.00000126. The van der Waals surface area contributed by atoms with Crippen molar-refractivity contribution in [3.05, 3.63) is 64.5 Å². The fraction of sp³-hybridized carbons (Fsp3) is 0.167. The zero-order valence-electron chi connectivity index (χ0n) is 14.7. The number of carbonyl (C=O) groups is 1. The number of pyridine rings is 1. The number of alkyl halides is 2. The molecular weight excluding hydrogens is 420 g/mol. The molecule has 0 saturated heterocycles. The van der Waals surface area contributed by atoms with Crippen LogP contribution in [0.1, 0.15) is 36.3 Å². The normalized spacial score (nSPS) is 10.3. The molecule has 3 aromatic rings. The summed E-state index contributed by atoms with van der Waals surface area (Å²) in [5, 5.41) is 6.69. The Labute approximate surface area is 163 Å². The zero-order chi connectivity index (χ0) is 20.0. The minimum atomic E-state index is -2.68. The summed E-state index contributed by atoms with van der Waals surface area (Å²) in [7, 11) is 0. The molecule has 0 aliphatic carbocycles. The van der Waals surface area contributed by atoms with Crippen LogP contribution >= 0.6 is 15.9 Å². The molecule has 1 amide bonds. The van der Waals surface area contributed by atoms with Crippen LogP contribution in [0.4, 0.5) is 20.2 Å². The van der Waals surface area contributed by atoms with Gasteiger partial charge in [0, 0.05) is 22.0 Å². The van der Waals surface area contributed by atoms with Gasteiger partial charge in [-0.1, -0.05) is 35.8 Å². The number of nitrogens with one attached hydrogen (secondary N) is 1. The lowest BCUT2D eigenvalue weighted by Gasteiger charge is -2.05. The second kappa shape index (κ2) is 9.22.